The van der Waals surface area contributed by atoms with Crippen molar-refractivity contribution in [1.82, 2.24) is 35.2 Å². The Bertz CT molecular complexity index is 1180. The molecule has 0 saturated carbocycles. The van der Waals surface area contributed by atoms with E-state index in [1.165, 1.54) is 6.33 Å². The highest BCUT2D eigenvalue weighted by Gasteiger charge is 2.25. The predicted molar refractivity (Wildman–Crippen MR) is 87.7 cm³/mol. The van der Waals surface area contributed by atoms with E-state index in [0.717, 1.165) is 0 Å². The number of aromatic amines is 1. The summed E-state index contributed by atoms with van der Waals surface area (Å²) in [5.74, 6) is 0.198. The van der Waals surface area contributed by atoms with Gasteiger partial charge >= 0.3 is 0 Å². The number of tetrazole rings is 1. The summed E-state index contributed by atoms with van der Waals surface area (Å²) in [5.41, 5.74) is 2.61. The van der Waals surface area contributed by atoms with Gasteiger partial charge in [0.25, 0.3) is 0 Å². The lowest BCUT2D eigenvalue weighted by Crippen LogP contribution is -2.16. The second-order valence-corrected chi connectivity index (χ2v) is 6.88. The Hall–Kier alpha value is -3.18. The molecule has 0 radical (unpaired) electrons. The van der Waals surface area contributed by atoms with E-state index in [1.807, 2.05) is 6.07 Å². The molecule has 0 atom stereocenters. The van der Waals surface area contributed by atoms with Crippen LogP contribution in [0.4, 0.5) is 0 Å². The molecular formula is C14H12N8O2S. The first-order chi connectivity index (χ1) is 12.0. The van der Waals surface area contributed by atoms with Gasteiger partial charge in [0.2, 0.25) is 10.0 Å². The molecule has 0 aliphatic carbocycles. The predicted octanol–water partition coefficient (Wildman–Crippen LogP) is 0.532. The van der Waals surface area contributed by atoms with E-state index in [4.69, 9.17) is 5.14 Å². The molecule has 3 heterocycles. The molecule has 0 saturated heterocycles. The fourth-order valence-electron chi connectivity index (χ4n) is 2.84. The first kappa shape index (κ1) is 15.4. The Kier molecular flexibility index (Phi) is 3.33. The van der Waals surface area contributed by atoms with Crippen LogP contribution < -0.4 is 5.14 Å². The number of benzene rings is 1. The number of pyridine rings is 1. The number of nitrogens with two attached hydrogens (primary N) is 1. The molecule has 25 heavy (non-hydrogen) atoms. The van der Waals surface area contributed by atoms with Gasteiger partial charge in [-0.15, -0.1) is 5.10 Å². The van der Waals surface area contributed by atoms with E-state index in [2.05, 4.69) is 30.7 Å². The Morgan fingerprint density at radius 1 is 1.20 bits per heavy atom. The number of primary sulfonamides is 1. The van der Waals surface area contributed by atoms with Crippen LogP contribution in [0.2, 0.25) is 0 Å². The molecule has 0 aliphatic heterocycles. The van der Waals surface area contributed by atoms with Gasteiger partial charge in [-0.05, 0) is 40.6 Å². The number of hydrogen-bond acceptors (Lipinski definition) is 7. The van der Waals surface area contributed by atoms with Crippen LogP contribution in [0.25, 0.3) is 28.2 Å². The number of nitrogens with one attached hydrogen (secondary N) is 1. The van der Waals surface area contributed by atoms with Crippen molar-refractivity contribution in [3.05, 3.63) is 42.4 Å². The normalized spacial score (nSPS) is 11.9. The summed E-state index contributed by atoms with van der Waals surface area (Å²) in [7, 11) is -4.02. The van der Waals surface area contributed by atoms with E-state index >= 15 is 0 Å². The number of H-pyrrole nitrogens is 1. The van der Waals surface area contributed by atoms with Crippen LogP contribution in [0, 0.1) is 6.92 Å². The van der Waals surface area contributed by atoms with E-state index in [-0.39, 0.29) is 10.7 Å². The fourth-order valence-corrected chi connectivity index (χ4v) is 3.84. The van der Waals surface area contributed by atoms with Gasteiger partial charge in [0, 0.05) is 17.3 Å². The van der Waals surface area contributed by atoms with Gasteiger partial charge in [-0.2, -0.15) is 5.10 Å². The lowest BCUT2D eigenvalue weighted by molar-refractivity contribution is 0.597. The summed E-state index contributed by atoms with van der Waals surface area (Å²) in [5, 5.41) is 23.1. The SMILES string of the molecule is Cc1ccc(-c2cccn3ncnc23)c(-c2nnn[nH]2)c1S(N)(=O)=O. The molecule has 3 N–H and O–H groups in total. The van der Waals surface area contributed by atoms with E-state index in [1.54, 1.807) is 35.8 Å². The van der Waals surface area contributed by atoms with E-state index in [9.17, 15) is 8.42 Å². The Labute approximate surface area is 141 Å². The van der Waals surface area contributed by atoms with Crippen LogP contribution >= 0.6 is 0 Å². The van der Waals surface area contributed by atoms with E-state index < -0.39 is 10.0 Å². The quantitative estimate of drug-likeness (QED) is 0.544. The molecule has 0 aliphatic rings. The molecule has 0 spiro atoms. The van der Waals surface area contributed by atoms with Gasteiger partial charge in [-0.3, -0.25) is 0 Å². The van der Waals surface area contributed by atoms with Crippen molar-refractivity contribution in [2.45, 2.75) is 11.8 Å². The number of aromatic nitrogens is 7. The molecular weight excluding hydrogens is 344 g/mol. The minimum absolute atomic E-state index is 0.0370. The highest BCUT2D eigenvalue weighted by atomic mass is 32.2. The molecule has 126 valence electrons. The molecule has 1 aromatic carbocycles. The number of nitrogens with zero attached hydrogens (tertiary/aromatic N) is 6. The Balaban J connectivity index is 2.16. The standard InChI is InChI=1S/C14H12N8O2S/c1-8-4-5-9(10-3-2-6-22-14(10)16-7-17-22)11(12(8)25(15,23)24)13-18-20-21-19-13/h2-7H,1H3,(H2,15,23,24)(H,18,19,20,21). The molecule has 0 amide bonds. The van der Waals surface area contributed by atoms with Gasteiger partial charge in [0.15, 0.2) is 11.5 Å². The zero-order valence-electron chi connectivity index (χ0n) is 12.9. The summed E-state index contributed by atoms with van der Waals surface area (Å²) in [6.07, 6.45) is 3.17. The largest absolute Gasteiger partial charge is 0.239 e. The van der Waals surface area contributed by atoms with Crippen molar-refractivity contribution >= 4 is 15.7 Å². The third kappa shape index (κ3) is 2.45. The van der Waals surface area contributed by atoms with Gasteiger partial charge in [-0.1, -0.05) is 12.1 Å². The second-order valence-electron chi connectivity index (χ2n) is 5.38. The highest BCUT2D eigenvalue weighted by molar-refractivity contribution is 7.89. The van der Waals surface area contributed by atoms with Crippen LogP contribution in [-0.4, -0.2) is 43.6 Å². The zero-order chi connectivity index (χ0) is 17.6. The number of hydrogen-bond donors (Lipinski definition) is 2. The first-order valence-corrected chi connectivity index (χ1v) is 8.70. The van der Waals surface area contributed by atoms with Crippen LogP contribution in [0.3, 0.4) is 0 Å². The third-order valence-corrected chi connectivity index (χ3v) is 4.91. The molecule has 10 nitrogen and oxygen atoms in total. The average Bonchev–Trinajstić information content (AvgIpc) is 3.24. The molecule has 4 aromatic rings. The maximum absolute atomic E-state index is 12.2. The highest BCUT2D eigenvalue weighted by Crippen LogP contribution is 2.37. The van der Waals surface area contributed by atoms with Gasteiger partial charge < -0.3 is 0 Å². The van der Waals surface area contributed by atoms with Crippen molar-refractivity contribution in [1.29, 1.82) is 0 Å². The molecule has 3 aromatic heterocycles. The van der Waals surface area contributed by atoms with E-state index in [0.29, 0.717) is 27.9 Å². The van der Waals surface area contributed by atoms with Gasteiger partial charge in [-0.25, -0.2) is 28.2 Å². The van der Waals surface area contributed by atoms with Crippen molar-refractivity contribution in [3.8, 4) is 22.5 Å². The number of sulfonamides is 1. The second kappa shape index (κ2) is 5.43. The Morgan fingerprint density at radius 3 is 2.76 bits per heavy atom. The topological polar surface area (TPSA) is 145 Å². The third-order valence-electron chi connectivity index (χ3n) is 3.82. The smallest absolute Gasteiger partial charge is 0.239 e. The molecule has 0 unspecified atom stereocenters. The summed E-state index contributed by atoms with van der Waals surface area (Å²) < 4.78 is 26.0. The van der Waals surface area contributed by atoms with Crippen molar-refractivity contribution < 1.29 is 8.42 Å². The Morgan fingerprint density at radius 2 is 2.04 bits per heavy atom. The van der Waals surface area contributed by atoms with Crippen LogP contribution in [0.1, 0.15) is 5.56 Å². The van der Waals surface area contributed by atoms with Crippen LogP contribution in [0.5, 0.6) is 0 Å². The maximum Gasteiger partial charge on any atom is 0.239 e. The van der Waals surface area contributed by atoms with Crippen LogP contribution in [-0.2, 0) is 10.0 Å². The molecule has 0 bridgehead atoms. The summed E-state index contributed by atoms with van der Waals surface area (Å²) in [6, 6.07) is 7.07. The lowest BCUT2D eigenvalue weighted by Gasteiger charge is -2.14. The number of rotatable bonds is 3. The maximum atomic E-state index is 12.2. The molecule has 4 rings (SSSR count). The monoisotopic (exact) mass is 356 g/mol. The molecule has 11 heteroatoms. The minimum Gasteiger partial charge on any atom is -0.239 e. The first-order valence-electron chi connectivity index (χ1n) is 7.16. The fraction of sp³-hybridized carbons (Fsp3) is 0.0714. The summed E-state index contributed by atoms with van der Waals surface area (Å²) in [4.78, 5) is 4.20. The van der Waals surface area contributed by atoms with Gasteiger partial charge in [0.05, 0.1) is 4.90 Å². The average molecular weight is 356 g/mol. The lowest BCUT2D eigenvalue weighted by atomic mass is 9.98. The zero-order valence-corrected chi connectivity index (χ0v) is 13.8. The van der Waals surface area contributed by atoms with Crippen molar-refractivity contribution in [3.63, 3.8) is 0 Å². The van der Waals surface area contributed by atoms with Crippen molar-refractivity contribution in [2.24, 2.45) is 5.14 Å². The van der Waals surface area contributed by atoms with Gasteiger partial charge in [0.1, 0.15) is 6.33 Å². The van der Waals surface area contributed by atoms with Crippen LogP contribution in [0.15, 0.2) is 41.7 Å². The summed E-state index contributed by atoms with van der Waals surface area (Å²) >= 11 is 0. The minimum atomic E-state index is -4.02. The number of fused-ring (bicyclic) bond motifs is 1. The summed E-state index contributed by atoms with van der Waals surface area (Å²) in [6.45, 7) is 1.66. The number of aryl methyl sites for hydroxylation is 1. The molecule has 0 fully saturated rings. The van der Waals surface area contributed by atoms with Crippen molar-refractivity contribution in [2.75, 3.05) is 0 Å².